The van der Waals surface area contributed by atoms with E-state index in [-0.39, 0.29) is 17.3 Å². The summed E-state index contributed by atoms with van der Waals surface area (Å²) in [6.45, 7) is 6.02. The first-order valence-corrected chi connectivity index (χ1v) is 9.55. The monoisotopic (exact) mass is 409 g/mol. The number of H-pyrrole nitrogens is 1. The summed E-state index contributed by atoms with van der Waals surface area (Å²) >= 11 is 0. The van der Waals surface area contributed by atoms with Crippen molar-refractivity contribution in [1.29, 1.82) is 0 Å². The molecule has 10 heteroatoms. The predicted octanol–water partition coefficient (Wildman–Crippen LogP) is 1.91. The van der Waals surface area contributed by atoms with E-state index < -0.39 is 11.5 Å². The molecule has 0 saturated carbocycles. The summed E-state index contributed by atoms with van der Waals surface area (Å²) in [4.78, 5) is 26.9. The Bertz CT molecular complexity index is 1120. The fraction of sp³-hybridized carbons (Fsp3) is 0.300. The zero-order valence-electron chi connectivity index (χ0n) is 17.0. The van der Waals surface area contributed by atoms with Gasteiger partial charge >= 0.3 is 0 Å². The maximum absolute atomic E-state index is 12.6. The molecule has 0 radical (unpaired) electrons. The zero-order chi connectivity index (χ0) is 21.5. The van der Waals surface area contributed by atoms with Crippen LogP contribution in [0.2, 0.25) is 0 Å². The number of hydrazone groups is 1. The summed E-state index contributed by atoms with van der Waals surface area (Å²) in [6.07, 6.45) is 3.56. The summed E-state index contributed by atoms with van der Waals surface area (Å²) < 4.78 is 6.89. The molecular weight excluding hydrogens is 386 g/mol. The van der Waals surface area contributed by atoms with Crippen molar-refractivity contribution >= 4 is 12.1 Å². The Morgan fingerprint density at radius 3 is 2.90 bits per heavy atom. The van der Waals surface area contributed by atoms with Gasteiger partial charge in [-0.15, -0.1) is 10.2 Å². The van der Waals surface area contributed by atoms with Crippen LogP contribution in [-0.4, -0.2) is 43.7 Å². The van der Waals surface area contributed by atoms with Gasteiger partial charge in [-0.3, -0.25) is 14.6 Å². The minimum Gasteiger partial charge on any atom is -0.494 e. The number of nitrogens with one attached hydrogen (secondary N) is 2. The summed E-state index contributed by atoms with van der Waals surface area (Å²) in [7, 11) is 0. The van der Waals surface area contributed by atoms with E-state index in [1.54, 1.807) is 13.0 Å². The largest absolute Gasteiger partial charge is 0.494 e. The Hall–Kier alpha value is -3.82. The summed E-state index contributed by atoms with van der Waals surface area (Å²) in [5.74, 6) is 0.282. The third-order valence-corrected chi connectivity index (χ3v) is 4.12. The van der Waals surface area contributed by atoms with Gasteiger partial charge in [0.05, 0.1) is 18.5 Å². The predicted molar refractivity (Wildman–Crippen MR) is 111 cm³/mol. The van der Waals surface area contributed by atoms with E-state index in [1.807, 2.05) is 24.3 Å². The van der Waals surface area contributed by atoms with Crippen molar-refractivity contribution in [3.05, 3.63) is 63.3 Å². The normalized spacial score (nSPS) is 11.0. The van der Waals surface area contributed by atoms with E-state index in [0.29, 0.717) is 12.3 Å². The molecule has 3 aromatic rings. The molecule has 2 heterocycles. The van der Waals surface area contributed by atoms with Crippen LogP contribution in [0.5, 0.6) is 5.75 Å². The fourth-order valence-electron chi connectivity index (χ4n) is 2.54. The smallest absolute Gasteiger partial charge is 0.290 e. The molecular formula is C20H23N7O3. The number of carbonyl (C=O) groups is 1. The molecule has 156 valence electrons. The van der Waals surface area contributed by atoms with E-state index >= 15 is 0 Å². The molecule has 0 spiro atoms. The van der Waals surface area contributed by atoms with E-state index in [2.05, 4.69) is 37.7 Å². The van der Waals surface area contributed by atoms with Gasteiger partial charge in [-0.1, -0.05) is 25.5 Å². The van der Waals surface area contributed by atoms with Gasteiger partial charge in [0, 0.05) is 0 Å². The number of ether oxygens (including phenoxy) is 1. The van der Waals surface area contributed by atoms with Crippen LogP contribution in [0.3, 0.4) is 0 Å². The number of aromatic amines is 1. The lowest BCUT2D eigenvalue weighted by molar-refractivity contribution is 0.0947. The third kappa shape index (κ3) is 5.16. The van der Waals surface area contributed by atoms with Gasteiger partial charge in [-0.25, -0.2) is 5.43 Å². The lowest BCUT2D eigenvalue weighted by atomic mass is 10.2. The Morgan fingerprint density at radius 1 is 1.30 bits per heavy atom. The molecule has 1 aromatic carbocycles. The highest BCUT2D eigenvalue weighted by molar-refractivity contribution is 5.94. The maximum Gasteiger partial charge on any atom is 0.290 e. The lowest BCUT2D eigenvalue weighted by Crippen LogP contribution is -2.24. The van der Waals surface area contributed by atoms with Crippen LogP contribution in [0.4, 0.5) is 0 Å². The topological polar surface area (TPSA) is 127 Å². The number of hydrogen-bond donors (Lipinski definition) is 2. The van der Waals surface area contributed by atoms with Crippen LogP contribution in [-0.2, 0) is 0 Å². The maximum atomic E-state index is 12.6. The van der Waals surface area contributed by atoms with Crippen molar-refractivity contribution < 1.29 is 9.53 Å². The highest BCUT2D eigenvalue weighted by Gasteiger charge is 2.17. The number of amides is 1. The van der Waals surface area contributed by atoms with Gasteiger partial charge in [0.2, 0.25) is 0 Å². The number of aryl methyl sites for hydroxylation is 2. The average Bonchev–Trinajstić information content (AvgIpc) is 3.12. The van der Waals surface area contributed by atoms with Gasteiger partial charge in [-0.2, -0.15) is 14.9 Å². The molecule has 1 amide bonds. The quantitative estimate of drug-likeness (QED) is 0.332. The SMILES string of the molecule is CCCCOc1cccc(/C=N\NC(=O)c2cc(C)nn2-c2nnc(C)c(=O)[nH]2)c1. The zero-order valence-corrected chi connectivity index (χ0v) is 17.0. The number of rotatable bonds is 8. The van der Waals surface area contributed by atoms with Crippen LogP contribution in [0.15, 0.2) is 40.2 Å². The number of carbonyl (C=O) groups excluding carboxylic acids is 1. The van der Waals surface area contributed by atoms with E-state index in [1.165, 1.54) is 17.8 Å². The number of aromatic nitrogens is 5. The molecule has 30 heavy (non-hydrogen) atoms. The summed E-state index contributed by atoms with van der Waals surface area (Å²) in [5.41, 5.74) is 3.79. The van der Waals surface area contributed by atoms with Gasteiger partial charge in [-0.05, 0) is 44.0 Å². The van der Waals surface area contributed by atoms with Crippen LogP contribution < -0.4 is 15.7 Å². The molecule has 0 saturated heterocycles. The van der Waals surface area contributed by atoms with E-state index in [4.69, 9.17) is 4.74 Å². The average molecular weight is 409 g/mol. The first-order valence-electron chi connectivity index (χ1n) is 9.55. The Morgan fingerprint density at radius 2 is 2.13 bits per heavy atom. The van der Waals surface area contributed by atoms with Crippen LogP contribution in [0.25, 0.3) is 5.95 Å². The molecule has 3 rings (SSSR count). The van der Waals surface area contributed by atoms with Gasteiger partial charge in [0.15, 0.2) is 0 Å². The van der Waals surface area contributed by atoms with E-state index in [0.717, 1.165) is 24.2 Å². The second-order valence-corrected chi connectivity index (χ2v) is 6.62. The molecule has 0 atom stereocenters. The molecule has 2 N–H and O–H groups in total. The van der Waals surface area contributed by atoms with Crippen molar-refractivity contribution in [2.24, 2.45) is 5.10 Å². The van der Waals surface area contributed by atoms with Gasteiger partial charge in [0.1, 0.15) is 17.1 Å². The number of nitrogens with zero attached hydrogens (tertiary/aromatic N) is 5. The second-order valence-electron chi connectivity index (χ2n) is 6.62. The highest BCUT2D eigenvalue weighted by atomic mass is 16.5. The Labute approximate surface area is 173 Å². The molecule has 0 aliphatic rings. The number of unbranched alkanes of at least 4 members (excludes halogenated alkanes) is 1. The minimum absolute atomic E-state index is 0.0461. The van der Waals surface area contributed by atoms with Crippen molar-refractivity contribution in [2.45, 2.75) is 33.6 Å². The van der Waals surface area contributed by atoms with Crippen molar-refractivity contribution in [2.75, 3.05) is 6.61 Å². The second kappa shape index (κ2) is 9.59. The first kappa shape index (κ1) is 20.9. The summed E-state index contributed by atoms with van der Waals surface area (Å²) in [6, 6.07) is 8.98. The van der Waals surface area contributed by atoms with Gasteiger partial charge < -0.3 is 4.74 Å². The fourth-order valence-corrected chi connectivity index (χ4v) is 2.54. The van der Waals surface area contributed by atoms with Crippen LogP contribution in [0.1, 0.15) is 47.2 Å². The van der Waals surface area contributed by atoms with E-state index in [9.17, 15) is 9.59 Å². The Balaban J connectivity index is 1.72. The standard InChI is InChI=1S/C20H23N7O3/c1-4-5-9-30-16-8-6-7-15(11-16)12-21-24-19(29)17-10-13(2)26-27(17)20-22-18(28)14(3)23-25-20/h6-8,10-12H,4-5,9H2,1-3H3,(H,24,29)(H,22,25,28)/b21-12-. The Kier molecular flexibility index (Phi) is 6.68. The molecule has 0 aliphatic carbocycles. The highest BCUT2D eigenvalue weighted by Crippen LogP contribution is 2.12. The lowest BCUT2D eigenvalue weighted by Gasteiger charge is -2.06. The van der Waals surface area contributed by atoms with Crippen LogP contribution >= 0.6 is 0 Å². The summed E-state index contributed by atoms with van der Waals surface area (Å²) in [5, 5.41) is 15.9. The molecule has 2 aromatic heterocycles. The van der Waals surface area contributed by atoms with Crippen molar-refractivity contribution in [1.82, 2.24) is 30.4 Å². The van der Waals surface area contributed by atoms with Crippen molar-refractivity contribution in [3.63, 3.8) is 0 Å². The third-order valence-electron chi connectivity index (χ3n) is 4.12. The minimum atomic E-state index is -0.509. The van der Waals surface area contributed by atoms with Crippen LogP contribution in [0, 0.1) is 13.8 Å². The molecule has 0 aliphatic heterocycles. The molecule has 0 fully saturated rings. The molecule has 0 unspecified atom stereocenters. The number of hydrogen-bond acceptors (Lipinski definition) is 7. The van der Waals surface area contributed by atoms with Crippen molar-refractivity contribution in [3.8, 4) is 11.7 Å². The van der Waals surface area contributed by atoms with Gasteiger partial charge in [0.25, 0.3) is 17.4 Å². The number of benzene rings is 1. The first-order chi connectivity index (χ1) is 14.5. The molecule has 0 bridgehead atoms. The molecule has 10 nitrogen and oxygen atoms in total.